The highest BCUT2D eigenvalue weighted by atomic mass is 16.3. The Hall–Kier alpha value is -3.30. The van der Waals surface area contributed by atoms with Crippen molar-refractivity contribution in [2.45, 2.75) is 50.1 Å². The second-order valence-electron chi connectivity index (χ2n) is 9.55. The van der Waals surface area contributed by atoms with Crippen molar-refractivity contribution >= 4 is 17.6 Å². The summed E-state index contributed by atoms with van der Waals surface area (Å²) in [5.41, 5.74) is 2.77. The van der Waals surface area contributed by atoms with Gasteiger partial charge in [0.15, 0.2) is 0 Å². The average Bonchev–Trinajstić information content (AvgIpc) is 2.86. The number of aliphatic hydroxyl groups is 1. The van der Waals surface area contributed by atoms with Gasteiger partial charge in [-0.05, 0) is 42.7 Å². The predicted molar refractivity (Wildman–Crippen MR) is 131 cm³/mol. The fourth-order valence-corrected chi connectivity index (χ4v) is 5.60. The molecular weight excluding hydrogens is 426 g/mol. The molecule has 1 saturated carbocycles. The Bertz CT molecular complexity index is 1080. The number of nitrogens with zero attached hydrogens (tertiary/aromatic N) is 2. The van der Waals surface area contributed by atoms with Crippen LogP contribution in [-0.4, -0.2) is 58.6 Å². The van der Waals surface area contributed by atoms with Gasteiger partial charge >= 0.3 is 6.03 Å². The third-order valence-electron chi connectivity index (χ3n) is 7.39. The summed E-state index contributed by atoms with van der Waals surface area (Å²) >= 11 is 0. The molecule has 2 aromatic rings. The molecule has 2 saturated heterocycles. The number of fused-ring (bicyclic) bond motifs is 1. The number of benzene rings is 2. The minimum atomic E-state index is -0.279. The molecule has 0 unspecified atom stereocenters. The van der Waals surface area contributed by atoms with E-state index < -0.39 is 0 Å². The Morgan fingerprint density at radius 3 is 2.47 bits per heavy atom. The highest BCUT2D eigenvalue weighted by Gasteiger charge is 2.54. The molecule has 0 radical (unpaired) electrons. The lowest BCUT2D eigenvalue weighted by Crippen LogP contribution is -2.73. The van der Waals surface area contributed by atoms with E-state index in [0.717, 1.165) is 11.1 Å². The van der Waals surface area contributed by atoms with Gasteiger partial charge in [0.1, 0.15) is 6.54 Å². The van der Waals surface area contributed by atoms with Crippen molar-refractivity contribution in [3.63, 3.8) is 0 Å². The minimum absolute atomic E-state index is 0.0124. The predicted octanol–water partition coefficient (Wildman–Crippen LogP) is 3.82. The topological polar surface area (TPSA) is 72.9 Å². The first-order valence-electron chi connectivity index (χ1n) is 12.3. The summed E-state index contributed by atoms with van der Waals surface area (Å²) < 4.78 is 0. The van der Waals surface area contributed by atoms with Gasteiger partial charge in [-0.15, -0.1) is 0 Å². The molecule has 6 nitrogen and oxygen atoms in total. The standard InChI is InChI=1S/C28H31N3O3/c32-19-25-27(22-15-13-21(14-16-22)12-11-20-7-3-1-4-8-20)24-17-30(18-26(33)31(24)25)28(34)29-23-9-5-2-6-10-23/h2,5-6,9-10,13-16,20,24-25,27,32H,1,3-4,7-8,17-19H2,(H,29,34)/t24-,25-,27-/m0/s1. The molecule has 0 spiro atoms. The molecule has 3 atom stereocenters. The molecule has 5 rings (SSSR count). The van der Waals surface area contributed by atoms with Gasteiger partial charge in [0.05, 0.1) is 18.7 Å². The largest absolute Gasteiger partial charge is 0.394 e. The van der Waals surface area contributed by atoms with E-state index in [1.54, 1.807) is 9.80 Å². The lowest BCUT2D eigenvalue weighted by Gasteiger charge is -2.58. The van der Waals surface area contributed by atoms with E-state index in [0.29, 0.717) is 18.2 Å². The number of anilines is 1. The second kappa shape index (κ2) is 9.90. The Labute approximate surface area is 200 Å². The van der Waals surface area contributed by atoms with Crippen molar-refractivity contribution in [2.75, 3.05) is 25.0 Å². The van der Waals surface area contributed by atoms with Crippen LogP contribution in [0.25, 0.3) is 0 Å². The molecular formula is C28H31N3O3. The van der Waals surface area contributed by atoms with Crippen LogP contribution < -0.4 is 5.32 Å². The van der Waals surface area contributed by atoms with Crippen LogP contribution in [0.3, 0.4) is 0 Å². The van der Waals surface area contributed by atoms with Crippen LogP contribution in [0.1, 0.15) is 49.1 Å². The number of nitrogens with one attached hydrogen (secondary N) is 1. The highest BCUT2D eigenvalue weighted by molar-refractivity contribution is 5.93. The molecule has 0 bridgehead atoms. The van der Waals surface area contributed by atoms with Gasteiger partial charge in [-0.2, -0.15) is 0 Å². The van der Waals surface area contributed by atoms with Gasteiger partial charge in [-0.25, -0.2) is 4.79 Å². The summed E-state index contributed by atoms with van der Waals surface area (Å²) in [6.07, 6.45) is 6.28. The van der Waals surface area contributed by atoms with Crippen LogP contribution in [-0.2, 0) is 4.79 Å². The zero-order chi connectivity index (χ0) is 23.5. The number of carbonyl (C=O) groups is 2. The molecule has 2 N–H and O–H groups in total. The number of amides is 3. The summed E-state index contributed by atoms with van der Waals surface area (Å²) in [5.74, 6) is 7.13. The number of piperazine rings is 1. The Morgan fingerprint density at radius 2 is 1.76 bits per heavy atom. The Morgan fingerprint density at radius 1 is 1.03 bits per heavy atom. The Kier molecular flexibility index (Phi) is 6.55. The number of para-hydroxylation sites is 1. The monoisotopic (exact) mass is 457 g/mol. The average molecular weight is 458 g/mol. The number of aliphatic hydroxyl groups excluding tert-OH is 1. The smallest absolute Gasteiger partial charge is 0.322 e. The molecule has 3 fully saturated rings. The third kappa shape index (κ3) is 4.53. The van der Waals surface area contributed by atoms with Gasteiger partial charge in [-0.3, -0.25) is 4.79 Å². The van der Waals surface area contributed by atoms with Gasteiger partial charge in [-0.1, -0.05) is 61.4 Å². The number of rotatable bonds is 3. The zero-order valence-electron chi connectivity index (χ0n) is 19.3. The maximum Gasteiger partial charge on any atom is 0.322 e. The molecule has 2 aromatic carbocycles. The molecule has 0 aromatic heterocycles. The van der Waals surface area contributed by atoms with Gasteiger partial charge in [0.2, 0.25) is 5.91 Å². The van der Waals surface area contributed by atoms with Crippen molar-refractivity contribution in [1.82, 2.24) is 9.80 Å². The molecule has 34 heavy (non-hydrogen) atoms. The van der Waals surface area contributed by atoms with Crippen molar-refractivity contribution in [3.8, 4) is 11.8 Å². The number of hydrogen-bond donors (Lipinski definition) is 2. The summed E-state index contributed by atoms with van der Waals surface area (Å²) in [6, 6.07) is 16.8. The second-order valence-corrected chi connectivity index (χ2v) is 9.55. The summed E-state index contributed by atoms with van der Waals surface area (Å²) in [7, 11) is 0. The normalized spacial score (nSPS) is 24.5. The number of urea groups is 1. The van der Waals surface area contributed by atoms with Gasteiger partial charge < -0.3 is 20.2 Å². The number of carbonyl (C=O) groups excluding carboxylic acids is 2. The van der Waals surface area contributed by atoms with Crippen molar-refractivity contribution in [3.05, 3.63) is 65.7 Å². The maximum atomic E-state index is 12.8. The molecule has 3 amide bonds. The first-order valence-corrected chi connectivity index (χ1v) is 12.3. The molecule has 2 aliphatic heterocycles. The van der Waals surface area contributed by atoms with Crippen LogP contribution in [0.4, 0.5) is 10.5 Å². The summed E-state index contributed by atoms with van der Waals surface area (Å²) in [4.78, 5) is 29.0. The van der Waals surface area contributed by atoms with Crippen LogP contribution in [0.5, 0.6) is 0 Å². The van der Waals surface area contributed by atoms with E-state index in [-0.39, 0.29) is 43.1 Å². The molecule has 176 valence electrons. The van der Waals surface area contributed by atoms with Gasteiger partial charge in [0, 0.05) is 29.6 Å². The van der Waals surface area contributed by atoms with E-state index >= 15 is 0 Å². The SMILES string of the molecule is O=C(Nc1ccccc1)N1CC(=O)N2[C@@H](CO)[C@@H](c3ccc(C#CC4CCCCC4)cc3)[C@@H]2C1. The van der Waals surface area contributed by atoms with Crippen molar-refractivity contribution in [2.24, 2.45) is 5.92 Å². The van der Waals surface area contributed by atoms with Crippen molar-refractivity contribution in [1.29, 1.82) is 0 Å². The van der Waals surface area contributed by atoms with Crippen molar-refractivity contribution < 1.29 is 14.7 Å². The van der Waals surface area contributed by atoms with E-state index in [1.165, 1.54) is 32.1 Å². The van der Waals surface area contributed by atoms with Crippen LogP contribution in [0.2, 0.25) is 0 Å². The lowest BCUT2D eigenvalue weighted by atomic mass is 9.73. The lowest BCUT2D eigenvalue weighted by molar-refractivity contribution is -0.159. The zero-order valence-corrected chi connectivity index (χ0v) is 19.3. The molecule has 2 heterocycles. The third-order valence-corrected chi connectivity index (χ3v) is 7.39. The van der Waals surface area contributed by atoms with Crippen LogP contribution in [0.15, 0.2) is 54.6 Å². The van der Waals surface area contributed by atoms with E-state index in [9.17, 15) is 14.7 Å². The van der Waals surface area contributed by atoms with Gasteiger partial charge in [0.25, 0.3) is 0 Å². The molecule has 3 aliphatic rings. The van der Waals surface area contributed by atoms with E-state index in [2.05, 4.69) is 29.3 Å². The number of hydrogen-bond acceptors (Lipinski definition) is 3. The van der Waals surface area contributed by atoms with E-state index in [1.807, 2.05) is 42.5 Å². The molecule has 1 aliphatic carbocycles. The molecule has 6 heteroatoms. The fourth-order valence-electron chi connectivity index (χ4n) is 5.60. The first kappa shape index (κ1) is 22.5. The highest BCUT2D eigenvalue weighted by Crippen LogP contribution is 2.43. The Balaban J connectivity index is 1.28. The summed E-state index contributed by atoms with van der Waals surface area (Å²) in [6.45, 7) is 0.370. The quantitative estimate of drug-likeness (QED) is 0.689. The minimum Gasteiger partial charge on any atom is -0.394 e. The maximum absolute atomic E-state index is 12.8. The van der Waals surface area contributed by atoms with Crippen LogP contribution >= 0.6 is 0 Å². The fraction of sp³-hybridized carbons (Fsp3) is 0.429. The summed E-state index contributed by atoms with van der Waals surface area (Å²) in [5, 5.41) is 12.9. The first-order chi connectivity index (χ1) is 16.6. The van der Waals surface area contributed by atoms with E-state index in [4.69, 9.17) is 0 Å². The van der Waals surface area contributed by atoms with Crippen LogP contribution in [0, 0.1) is 17.8 Å².